The Morgan fingerprint density at radius 3 is 2.17 bits per heavy atom. The van der Waals surface area contributed by atoms with Gasteiger partial charge in [0.05, 0.1) is 5.69 Å². The van der Waals surface area contributed by atoms with Crippen molar-refractivity contribution in [3.05, 3.63) is 42.2 Å². The molecule has 0 spiro atoms. The van der Waals surface area contributed by atoms with Crippen LogP contribution in [0.1, 0.15) is 12.7 Å². The first-order valence-electron chi connectivity index (χ1n) is 6.60. The van der Waals surface area contributed by atoms with Crippen molar-refractivity contribution in [3.63, 3.8) is 0 Å². The van der Waals surface area contributed by atoms with Gasteiger partial charge in [0.25, 0.3) is 0 Å². The second kappa shape index (κ2) is 5.39. The Bertz CT molecular complexity index is 867. The highest BCUT2D eigenvalue weighted by atomic mass is 19.4. The summed E-state index contributed by atoms with van der Waals surface area (Å²) < 4.78 is 68.0. The molecular formula is C14H9F5N4O. The summed E-state index contributed by atoms with van der Waals surface area (Å²) in [7, 11) is 0. The van der Waals surface area contributed by atoms with Gasteiger partial charge in [-0.25, -0.2) is 0 Å². The summed E-state index contributed by atoms with van der Waals surface area (Å²) >= 11 is 0. The number of aromatic nitrogens is 4. The third kappa shape index (κ3) is 3.26. The molecule has 126 valence electrons. The van der Waals surface area contributed by atoms with Gasteiger partial charge in [-0.05, 0) is 36.4 Å². The second-order valence-corrected chi connectivity index (χ2v) is 4.97. The van der Waals surface area contributed by atoms with Gasteiger partial charge in [0.15, 0.2) is 5.65 Å². The van der Waals surface area contributed by atoms with Gasteiger partial charge in [-0.15, -0.1) is 23.4 Å². The first kappa shape index (κ1) is 16.1. The van der Waals surface area contributed by atoms with E-state index in [-0.39, 0.29) is 11.3 Å². The molecule has 5 nitrogen and oxygen atoms in total. The number of nitrogens with zero attached hydrogens (tertiary/aromatic N) is 4. The standard InChI is InChI=1S/C14H9F5N4O/c1-13(15,16)12-21-20-11-7-6-10(22-23(11)12)8-2-4-9(5-3-8)24-14(17,18)19/h2-7H,1H3. The second-order valence-electron chi connectivity index (χ2n) is 4.97. The highest BCUT2D eigenvalue weighted by molar-refractivity contribution is 5.61. The average molecular weight is 344 g/mol. The van der Waals surface area contributed by atoms with E-state index in [0.29, 0.717) is 12.5 Å². The summed E-state index contributed by atoms with van der Waals surface area (Å²) in [6, 6.07) is 7.82. The summed E-state index contributed by atoms with van der Waals surface area (Å²) in [5, 5.41) is 11.0. The summed E-state index contributed by atoms with van der Waals surface area (Å²) in [6.45, 7) is 0.668. The Kier molecular flexibility index (Phi) is 3.61. The number of hydrogen-bond acceptors (Lipinski definition) is 4. The van der Waals surface area contributed by atoms with Gasteiger partial charge in [-0.1, -0.05) is 0 Å². The number of halogens is 5. The van der Waals surface area contributed by atoms with E-state index in [2.05, 4.69) is 20.0 Å². The van der Waals surface area contributed by atoms with E-state index in [1.54, 1.807) is 0 Å². The van der Waals surface area contributed by atoms with E-state index >= 15 is 0 Å². The van der Waals surface area contributed by atoms with Crippen molar-refractivity contribution < 1.29 is 26.7 Å². The number of ether oxygens (including phenoxy) is 1. The molecule has 0 aliphatic carbocycles. The molecule has 2 heterocycles. The molecular weight excluding hydrogens is 335 g/mol. The van der Waals surface area contributed by atoms with Gasteiger partial charge in [0.2, 0.25) is 5.82 Å². The molecule has 0 saturated heterocycles. The molecule has 0 aliphatic rings. The van der Waals surface area contributed by atoms with Gasteiger partial charge in [-0.2, -0.15) is 18.4 Å². The van der Waals surface area contributed by atoms with Crippen LogP contribution in [0.15, 0.2) is 36.4 Å². The van der Waals surface area contributed by atoms with E-state index in [1.165, 1.54) is 24.3 Å². The molecule has 3 aromatic rings. The average Bonchev–Trinajstić information content (AvgIpc) is 2.89. The van der Waals surface area contributed by atoms with Crippen LogP contribution in [0, 0.1) is 0 Å². The fourth-order valence-corrected chi connectivity index (χ4v) is 2.04. The molecule has 0 atom stereocenters. The fourth-order valence-electron chi connectivity index (χ4n) is 2.04. The Balaban J connectivity index is 1.97. The maximum Gasteiger partial charge on any atom is 0.573 e. The molecule has 2 aromatic heterocycles. The topological polar surface area (TPSA) is 52.3 Å². The van der Waals surface area contributed by atoms with Crippen LogP contribution in [-0.2, 0) is 5.92 Å². The van der Waals surface area contributed by atoms with Crippen LogP contribution < -0.4 is 4.74 Å². The van der Waals surface area contributed by atoms with Crippen LogP contribution >= 0.6 is 0 Å². The molecule has 10 heteroatoms. The van der Waals surface area contributed by atoms with Crippen LogP contribution in [0.25, 0.3) is 16.9 Å². The molecule has 0 unspecified atom stereocenters. The smallest absolute Gasteiger partial charge is 0.406 e. The van der Waals surface area contributed by atoms with Gasteiger partial charge in [0, 0.05) is 12.5 Å². The molecule has 0 aliphatic heterocycles. The molecule has 0 bridgehead atoms. The van der Waals surface area contributed by atoms with Crippen LogP contribution in [0.2, 0.25) is 0 Å². The van der Waals surface area contributed by atoms with Gasteiger partial charge in [-0.3, -0.25) is 0 Å². The van der Waals surface area contributed by atoms with Crippen LogP contribution in [-0.4, -0.2) is 26.2 Å². The zero-order valence-corrected chi connectivity index (χ0v) is 12.1. The first-order valence-corrected chi connectivity index (χ1v) is 6.60. The molecule has 0 amide bonds. The number of hydrogen-bond donors (Lipinski definition) is 0. The zero-order valence-electron chi connectivity index (χ0n) is 12.1. The molecule has 0 saturated carbocycles. The maximum atomic E-state index is 13.5. The lowest BCUT2D eigenvalue weighted by atomic mass is 10.1. The minimum atomic E-state index is -4.79. The molecule has 0 radical (unpaired) electrons. The quantitative estimate of drug-likeness (QED) is 0.678. The minimum absolute atomic E-state index is 0.132. The van der Waals surface area contributed by atoms with E-state index in [0.717, 1.165) is 16.6 Å². The lowest BCUT2D eigenvalue weighted by Crippen LogP contribution is -2.17. The van der Waals surface area contributed by atoms with Gasteiger partial charge in [0.1, 0.15) is 5.75 Å². The summed E-state index contributed by atoms with van der Waals surface area (Å²) in [6.07, 6.45) is -4.79. The minimum Gasteiger partial charge on any atom is -0.406 e. The van der Waals surface area contributed by atoms with E-state index in [4.69, 9.17) is 0 Å². The Morgan fingerprint density at radius 2 is 1.58 bits per heavy atom. The molecule has 0 fully saturated rings. The normalized spacial score (nSPS) is 12.6. The Labute approximate surface area is 131 Å². The predicted octanol–water partition coefficient (Wildman–Crippen LogP) is 3.80. The van der Waals surface area contributed by atoms with Gasteiger partial charge >= 0.3 is 12.3 Å². The Morgan fingerprint density at radius 1 is 0.917 bits per heavy atom. The van der Waals surface area contributed by atoms with Crippen LogP contribution in [0.3, 0.4) is 0 Å². The van der Waals surface area contributed by atoms with Crippen molar-refractivity contribution in [1.82, 2.24) is 19.8 Å². The molecule has 0 N–H and O–H groups in total. The first-order chi connectivity index (χ1) is 11.1. The highest BCUT2D eigenvalue weighted by Crippen LogP contribution is 2.28. The zero-order chi connectivity index (χ0) is 17.5. The summed E-state index contributed by atoms with van der Waals surface area (Å²) in [4.78, 5) is 0. The number of rotatable bonds is 3. The van der Waals surface area contributed by atoms with Crippen LogP contribution in [0.5, 0.6) is 5.75 Å². The van der Waals surface area contributed by atoms with E-state index in [1.807, 2.05) is 0 Å². The van der Waals surface area contributed by atoms with Gasteiger partial charge < -0.3 is 4.74 Å². The lowest BCUT2D eigenvalue weighted by molar-refractivity contribution is -0.274. The third-order valence-corrected chi connectivity index (χ3v) is 3.04. The number of alkyl halides is 5. The lowest BCUT2D eigenvalue weighted by Gasteiger charge is -2.10. The van der Waals surface area contributed by atoms with Crippen molar-refractivity contribution in [1.29, 1.82) is 0 Å². The van der Waals surface area contributed by atoms with Crippen molar-refractivity contribution in [2.75, 3.05) is 0 Å². The predicted molar refractivity (Wildman–Crippen MR) is 72.5 cm³/mol. The molecule has 1 aromatic carbocycles. The third-order valence-electron chi connectivity index (χ3n) is 3.04. The fraction of sp³-hybridized carbons (Fsp3) is 0.214. The Hall–Kier alpha value is -2.78. The number of fused-ring (bicyclic) bond motifs is 1. The summed E-state index contributed by atoms with van der Waals surface area (Å²) in [5.41, 5.74) is 0.823. The van der Waals surface area contributed by atoms with Crippen molar-refractivity contribution in [2.24, 2.45) is 0 Å². The monoisotopic (exact) mass is 344 g/mol. The van der Waals surface area contributed by atoms with Crippen molar-refractivity contribution >= 4 is 5.65 Å². The number of benzene rings is 1. The SMILES string of the molecule is CC(F)(F)c1nnc2ccc(-c3ccc(OC(F)(F)F)cc3)nn12. The molecule has 24 heavy (non-hydrogen) atoms. The highest BCUT2D eigenvalue weighted by Gasteiger charge is 2.32. The van der Waals surface area contributed by atoms with Crippen molar-refractivity contribution in [2.45, 2.75) is 19.2 Å². The van der Waals surface area contributed by atoms with E-state index < -0.39 is 23.9 Å². The summed E-state index contributed by atoms with van der Waals surface area (Å²) in [5.74, 6) is -4.26. The van der Waals surface area contributed by atoms with Crippen LogP contribution in [0.4, 0.5) is 22.0 Å². The van der Waals surface area contributed by atoms with E-state index in [9.17, 15) is 22.0 Å². The maximum absolute atomic E-state index is 13.5. The largest absolute Gasteiger partial charge is 0.573 e. The van der Waals surface area contributed by atoms with Crippen molar-refractivity contribution in [3.8, 4) is 17.0 Å². The molecule has 3 rings (SSSR count).